The smallest absolute Gasteiger partial charge is 0.291 e. The van der Waals surface area contributed by atoms with Crippen molar-refractivity contribution in [2.24, 2.45) is 5.92 Å². The van der Waals surface area contributed by atoms with E-state index in [2.05, 4.69) is 26.0 Å². The van der Waals surface area contributed by atoms with Crippen LogP contribution in [0.25, 0.3) is 10.8 Å². The number of amides is 3. The molecule has 11 heteroatoms. The number of nitrogens with one attached hydrogen (secondary N) is 2. The quantitative estimate of drug-likeness (QED) is 0.239. The Morgan fingerprint density at radius 3 is 2.20 bits per heavy atom. The van der Waals surface area contributed by atoms with Gasteiger partial charge in [0.1, 0.15) is 5.92 Å². The molecule has 0 radical (unpaired) electrons. The van der Waals surface area contributed by atoms with E-state index in [-0.39, 0.29) is 17.1 Å². The molecule has 2 N–H and O–H groups in total. The van der Waals surface area contributed by atoms with Gasteiger partial charge in [0, 0.05) is 18.8 Å². The van der Waals surface area contributed by atoms with Crippen molar-refractivity contribution in [3.8, 4) is 0 Å². The number of hydrogen-bond acceptors (Lipinski definition) is 6. The Balaban J connectivity index is 1.53. The zero-order valence-electron chi connectivity index (χ0n) is 21.9. The first-order valence-electron chi connectivity index (χ1n) is 12.6. The molecule has 0 bridgehead atoms. The Bertz CT molecular complexity index is 1650. The number of sulfonamides is 1. The molecule has 4 rings (SSSR count). The van der Waals surface area contributed by atoms with Crippen LogP contribution in [0.4, 0.5) is 5.69 Å². The van der Waals surface area contributed by atoms with Gasteiger partial charge in [-0.25, -0.2) is 13.1 Å². The van der Waals surface area contributed by atoms with Crippen LogP contribution < -0.4 is 10.0 Å². The summed E-state index contributed by atoms with van der Waals surface area (Å²) in [5.41, 5.74) is 1.10. The van der Waals surface area contributed by atoms with E-state index in [4.69, 9.17) is 4.42 Å². The van der Waals surface area contributed by atoms with Gasteiger partial charge in [0.25, 0.3) is 15.9 Å². The monoisotopic (exact) mass is 625 g/mol. The molecule has 0 aliphatic carbocycles. The number of fused-ring (bicyclic) bond motifs is 1. The summed E-state index contributed by atoms with van der Waals surface area (Å²) < 4.78 is 34.1. The molecular weight excluding hydrogens is 598 g/mol. The predicted octanol–water partition coefficient (Wildman–Crippen LogP) is 4.98. The van der Waals surface area contributed by atoms with E-state index >= 15 is 0 Å². The molecule has 1 aromatic heterocycles. The third-order valence-corrected chi connectivity index (χ3v) is 8.18. The van der Waals surface area contributed by atoms with E-state index in [9.17, 15) is 22.8 Å². The minimum absolute atomic E-state index is 0.0340. The second-order valence-corrected chi connectivity index (χ2v) is 11.5. The molecule has 3 amide bonds. The zero-order valence-corrected chi connectivity index (χ0v) is 24.3. The molecule has 9 nitrogen and oxygen atoms in total. The van der Waals surface area contributed by atoms with Gasteiger partial charge in [-0.1, -0.05) is 42.5 Å². The second-order valence-electron chi connectivity index (χ2n) is 9.00. The number of hydrogen-bond donors (Lipinski definition) is 2. The topological polar surface area (TPSA) is 126 Å². The van der Waals surface area contributed by atoms with Gasteiger partial charge in [0.15, 0.2) is 10.4 Å². The number of rotatable bonds is 10. The molecule has 0 aliphatic heterocycles. The van der Waals surface area contributed by atoms with E-state index in [0.717, 1.165) is 5.39 Å². The van der Waals surface area contributed by atoms with E-state index in [1.807, 2.05) is 12.1 Å². The van der Waals surface area contributed by atoms with E-state index in [0.29, 0.717) is 34.4 Å². The lowest BCUT2D eigenvalue weighted by molar-refractivity contribution is -0.141. The summed E-state index contributed by atoms with van der Waals surface area (Å²) in [7, 11) is -4.24. The third-order valence-electron chi connectivity index (χ3n) is 6.40. The molecule has 0 saturated carbocycles. The Hall–Kier alpha value is -3.96. The van der Waals surface area contributed by atoms with Gasteiger partial charge in [-0.3, -0.25) is 14.4 Å². The Kier molecular flexibility index (Phi) is 9.06. The summed E-state index contributed by atoms with van der Waals surface area (Å²) in [6.07, 6.45) is -0.0340. The van der Waals surface area contributed by atoms with Crippen molar-refractivity contribution in [1.29, 1.82) is 0 Å². The molecule has 40 heavy (non-hydrogen) atoms. The first kappa shape index (κ1) is 29.0. The van der Waals surface area contributed by atoms with Gasteiger partial charge >= 0.3 is 0 Å². The van der Waals surface area contributed by atoms with Crippen LogP contribution in [-0.4, -0.2) is 44.1 Å². The summed E-state index contributed by atoms with van der Waals surface area (Å²) in [5, 5.41) is 4.28. The Labute approximate surface area is 240 Å². The highest BCUT2D eigenvalue weighted by molar-refractivity contribution is 9.10. The second kappa shape index (κ2) is 12.5. The van der Waals surface area contributed by atoms with E-state index in [1.54, 1.807) is 62.4 Å². The molecule has 1 atom stereocenters. The maximum absolute atomic E-state index is 13.3. The van der Waals surface area contributed by atoms with Crippen LogP contribution in [0.5, 0.6) is 0 Å². The summed E-state index contributed by atoms with van der Waals surface area (Å²) in [4.78, 5) is 40.4. The number of carbonyl (C=O) groups is 3. The number of furan rings is 1. The maximum atomic E-state index is 13.3. The van der Waals surface area contributed by atoms with Crippen molar-refractivity contribution in [1.82, 2.24) is 9.62 Å². The van der Waals surface area contributed by atoms with Crippen molar-refractivity contribution < 1.29 is 27.2 Å². The average molecular weight is 627 g/mol. The van der Waals surface area contributed by atoms with Crippen LogP contribution >= 0.6 is 15.9 Å². The normalized spacial score (nSPS) is 12.1. The molecule has 4 aromatic rings. The van der Waals surface area contributed by atoms with Crippen LogP contribution in [0.2, 0.25) is 0 Å². The molecule has 3 aromatic carbocycles. The first-order chi connectivity index (χ1) is 19.1. The van der Waals surface area contributed by atoms with E-state index in [1.165, 1.54) is 23.1 Å². The van der Waals surface area contributed by atoms with Crippen molar-refractivity contribution in [2.45, 2.75) is 25.2 Å². The molecule has 1 heterocycles. The molecule has 0 fully saturated rings. The molecular formula is C29H28BrN3O6S. The fourth-order valence-electron chi connectivity index (χ4n) is 4.23. The van der Waals surface area contributed by atoms with Crippen LogP contribution in [0.3, 0.4) is 0 Å². The van der Waals surface area contributed by atoms with Gasteiger partial charge in [0.05, 0.1) is 4.90 Å². The highest BCUT2D eigenvalue weighted by atomic mass is 79.9. The maximum Gasteiger partial charge on any atom is 0.291 e. The zero-order chi connectivity index (χ0) is 28.9. The third kappa shape index (κ3) is 6.78. The number of benzene rings is 3. The van der Waals surface area contributed by atoms with Crippen molar-refractivity contribution in [2.75, 3.05) is 18.4 Å². The number of halogens is 1. The Morgan fingerprint density at radius 1 is 0.900 bits per heavy atom. The Morgan fingerprint density at radius 2 is 1.57 bits per heavy atom. The van der Waals surface area contributed by atoms with Crippen LogP contribution in [-0.2, 0) is 26.0 Å². The lowest BCUT2D eigenvalue weighted by Crippen LogP contribution is -2.46. The van der Waals surface area contributed by atoms with Crippen molar-refractivity contribution >= 4 is 60.1 Å². The summed E-state index contributed by atoms with van der Waals surface area (Å²) >= 11 is 3.15. The summed E-state index contributed by atoms with van der Waals surface area (Å²) in [5.74, 6) is -2.98. The highest BCUT2D eigenvalue weighted by Gasteiger charge is 2.33. The molecule has 0 saturated heterocycles. The predicted molar refractivity (Wildman–Crippen MR) is 155 cm³/mol. The summed E-state index contributed by atoms with van der Waals surface area (Å²) in [6, 6.07) is 21.6. The first-order valence-corrected chi connectivity index (χ1v) is 14.9. The standard InChI is InChI=1S/C29H28BrN3O6S/c1-3-33(4-2)29(36)24(17-19-9-12-22(13-10-19)31-28(35)25-15-16-26(30)39-25)27(34)32-40(37,38)23-14-11-20-7-5-6-8-21(20)18-23/h5-16,18,24H,3-4,17H2,1-2H3,(H,31,35)(H,32,34). The van der Waals surface area contributed by atoms with Crippen LogP contribution in [0, 0.1) is 5.92 Å². The molecule has 0 aliphatic rings. The van der Waals surface area contributed by atoms with Crippen LogP contribution in [0.15, 0.2) is 92.8 Å². The van der Waals surface area contributed by atoms with Gasteiger partial charge in [-0.15, -0.1) is 0 Å². The van der Waals surface area contributed by atoms with Gasteiger partial charge in [-0.05, 0) is 88.9 Å². The van der Waals surface area contributed by atoms with Crippen LogP contribution in [0.1, 0.15) is 30.0 Å². The lowest BCUT2D eigenvalue weighted by atomic mass is 9.97. The minimum Gasteiger partial charge on any atom is -0.444 e. The van der Waals surface area contributed by atoms with Crippen molar-refractivity contribution in [3.63, 3.8) is 0 Å². The number of nitrogens with zero attached hydrogens (tertiary/aromatic N) is 1. The average Bonchev–Trinajstić information content (AvgIpc) is 3.39. The van der Waals surface area contributed by atoms with E-state index < -0.39 is 33.7 Å². The fraction of sp³-hybridized carbons (Fsp3) is 0.207. The summed E-state index contributed by atoms with van der Waals surface area (Å²) in [6.45, 7) is 4.31. The molecule has 208 valence electrons. The molecule has 1 unspecified atom stereocenters. The van der Waals surface area contributed by atoms with Gasteiger partial charge in [0.2, 0.25) is 11.8 Å². The SMILES string of the molecule is CCN(CC)C(=O)C(Cc1ccc(NC(=O)c2ccc(Br)o2)cc1)C(=O)NS(=O)(=O)c1ccc2ccccc2c1. The van der Waals surface area contributed by atoms with Gasteiger partial charge in [-0.2, -0.15) is 0 Å². The highest BCUT2D eigenvalue weighted by Crippen LogP contribution is 2.21. The largest absolute Gasteiger partial charge is 0.444 e. The van der Waals surface area contributed by atoms with Crippen molar-refractivity contribution in [3.05, 3.63) is 94.9 Å². The number of anilines is 1. The molecule has 0 spiro atoms. The lowest BCUT2D eigenvalue weighted by Gasteiger charge is -2.24. The van der Waals surface area contributed by atoms with Gasteiger partial charge < -0.3 is 14.6 Å². The number of carbonyl (C=O) groups excluding carboxylic acids is 3. The fourth-order valence-corrected chi connectivity index (χ4v) is 5.59. The minimum atomic E-state index is -4.24.